The monoisotopic (exact) mass is 411 g/mol. The van der Waals surface area contributed by atoms with Crippen molar-refractivity contribution in [1.82, 2.24) is 9.99 Å². The number of carbonyl (C=O) groups is 1. The molecule has 1 aromatic carbocycles. The topological polar surface area (TPSA) is 67.9 Å². The number of aromatic nitrogens is 1. The van der Waals surface area contributed by atoms with Gasteiger partial charge in [-0.1, -0.05) is 11.8 Å². The van der Waals surface area contributed by atoms with Crippen LogP contribution in [0.15, 0.2) is 58.2 Å². The number of hydrogen-bond acceptors (Lipinski definition) is 6. The number of furan rings is 1. The fourth-order valence-electron chi connectivity index (χ4n) is 3.12. The van der Waals surface area contributed by atoms with Crippen LogP contribution in [0, 0.1) is 19.7 Å². The summed E-state index contributed by atoms with van der Waals surface area (Å²) in [5, 5.41) is 6.09. The first-order valence-corrected chi connectivity index (χ1v) is 9.76. The van der Waals surface area contributed by atoms with Crippen LogP contribution in [0.25, 0.3) is 0 Å². The van der Waals surface area contributed by atoms with Gasteiger partial charge in [0.05, 0.1) is 12.7 Å². The number of amides is 1. The molecule has 0 saturated carbocycles. The van der Waals surface area contributed by atoms with Crippen molar-refractivity contribution in [3.05, 3.63) is 82.7 Å². The van der Waals surface area contributed by atoms with E-state index in [1.807, 2.05) is 6.07 Å². The Hall–Kier alpha value is -3.13. The highest BCUT2D eigenvalue weighted by atomic mass is 32.2. The van der Waals surface area contributed by atoms with Crippen LogP contribution in [0.2, 0.25) is 0 Å². The normalized spacial score (nSPS) is 16.1. The van der Waals surface area contributed by atoms with Gasteiger partial charge in [0.1, 0.15) is 27.8 Å². The first-order chi connectivity index (χ1) is 14.0. The van der Waals surface area contributed by atoms with Crippen molar-refractivity contribution in [3.8, 4) is 5.88 Å². The van der Waals surface area contributed by atoms with Gasteiger partial charge >= 0.3 is 0 Å². The number of hydrogen-bond donors (Lipinski definition) is 0. The molecule has 1 aliphatic heterocycles. The molecule has 29 heavy (non-hydrogen) atoms. The van der Waals surface area contributed by atoms with Gasteiger partial charge in [0, 0.05) is 17.3 Å². The van der Waals surface area contributed by atoms with Gasteiger partial charge in [-0.2, -0.15) is 5.10 Å². The van der Waals surface area contributed by atoms with Crippen LogP contribution >= 0.6 is 11.8 Å². The van der Waals surface area contributed by atoms with E-state index >= 15 is 0 Å². The number of carbonyl (C=O) groups excluding carboxylic acids is 1. The highest BCUT2D eigenvalue weighted by molar-refractivity contribution is 8.14. The van der Waals surface area contributed by atoms with Crippen LogP contribution in [-0.2, 0) is 0 Å². The summed E-state index contributed by atoms with van der Waals surface area (Å²) in [6, 6.07) is 11.3. The summed E-state index contributed by atoms with van der Waals surface area (Å²) >= 11 is 1.38. The van der Waals surface area contributed by atoms with Crippen LogP contribution in [0.1, 0.15) is 38.4 Å². The Kier molecular flexibility index (Phi) is 5.10. The summed E-state index contributed by atoms with van der Waals surface area (Å²) in [5.74, 6) is 0.967. The molecule has 1 atom stereocenters. The lowest BCUT2D eigenvalue weighted by Crippen LogP contribution is -2.26. The van der Waals surface area contributed by atoms with Crippen molar-refractivity contribution >= 4 is 22.7 Å². The molecular weight excluding hydrogens is 393 g/mol. The third kappa shape index (κ3) is 3.63. The third-order valence-electron chi connectivity index (χ3n) is 4.47. The molecule has 148 valence electrons. The van der Waals surface area contributed by atoms with E-state index in [1.54, 1.807) is 44.3 Å². The fourth-order valence-corrected chi connectivity index (χ4v) is 4.29. The van der Waals surface area contributed by atoms with Gasteiger partial charge in [0.2, 0.25) is 5.88 Å². The van der Waals surface area contributed by atoms with E-state index < -0.39 is 5.37 Å². The quantitative estimate of drug-likeness (QED) is 0.623. The number of ether oxygens (including phenoxy) is 1. The minimum absolute atomic E-state index is 0.292. The van der Waals surface area contributed by atoms with E-state index in [1.165, 1.54) is 36.0 Å². The highest BCUT2D eigenvalue weighted by Gasteiger charge is 2.37. The molecule has 1 aliphatic rings. The van der Waals surface area contributed by atoms with Crippen LogP contribution in [0.3, 0.4) is 0 Å². The molecule has 0 saturated heterocycles. The number of methoxy groups -OCH3 is 1. The maximum atomic E-state index is 13.3. The zero-order valence-electron chi connectivity index (χ0n) is 16.0. The number of rotatable bonds is 4. The molecule has 8 heteroatoms. The van der Waals surface area contributed by atoms with E-state index in [4.69, 9.17) is 9.15 Å². The van der Waals surface area contributed by atoms with Crippen LogP contribution in [0.4, 0.5) is 4.39 Å². The fraction of sp³-hybridized carbons (Fsp3) is 0.190. The smallest absolute Gasteiger partial charge is 0.278 e. The summed E-state index contributed by atoms with van der Waals surface area (Å²) in [5.41, 5.74) is 1.88. The minimum Gasteiger partial charge on any atom is -0.481 e. The largest absolute Gasteiger partial charge is 0.481 e. The number of halogens is 1. The van der Waals surface area contributed by atoms with Crippen molar-refractivity contribution < 1.29 is 18.3 Å². The molecule has 2 aromatic heterocycles. The Balaban J connectivity index is 1.78. The van der Waals surface area contributed by atoms with Gasteiger partial charge in [-0.05, 0) is 56.3 Å². The zero-order valence-corrected chi connectivity index (χ0v) is 16.9. The summed E-state index contributed by atoms with van der Waals surface area (Å²) in [6.07, 6.45) is 1.62. The summed E-state index contributed by atoms with van der Waals surface area (Å²) < 4.78 is 24.3. The number of nitrogens with zero attached hydrogens (tertiary/aromatic N) is 3. The van der Waals surface area contributed by atoms with Crippen LogP contribution in [-0.4, -0.2) is 28.1 Å². The zero-order chi connectivity index (χ0) is 20.5. The van der Waals surface area contributed by atoms with Crippen molar-refractivity contribution in [3.63, 3.8) is 0 Å². The Morgan fingerprint density at radius 3 is 2.66 bits per heavy atom. The third-order valence-corrected chi connectivity index (χ3v) is 5.69. The Morgan fingerprint density at radius 1 is 1.24 bits per heavy atom. The van der Waals surface area contributed by atoms with Crippen LogP contribution in [0.5, 0.6) is 5.88 Å². The number of pyridine rings is 1. The van der Waals surface area contributed by atoms with Crippen LogP contribution < -0.4 is 4.74 Å². The number of hydrazone groups is 1. The summed E-state index contributed by atoms with van der Waals surface area (Å²) in [7, 11) is 1.53. The van der Waals surface area contributed by atoms with E-state index in [0.29, 0.717) is 33.6 Å². The molecule has 1 unspecified atom stereocenters. The maximum Gasteiger partial charge on any atom is 0.278 e. The molecule has 3 aromatic rings. The lowest BCUT2D eigenvalue weighted by Gasteiger charge is -2.21. The van der Waals surface area contributed by atoms with Gasteiger partial charge < -0.3 is 9.15 Å². The molecule has 0 bridgehead atoms. The molecule has 3 heterocycles. The molecule has 4 rings (SSSR count). The molecule has 1 amide bonds. The first-order valence-electron chi connectivity index (χ1n) is 8.88. The minimum atomic E-state index is -0.485. The predicted molar refractivity (Wildman–Crippen MR) is 108 cm³/mol. The number of thioether (sulfide) groups is 1. The summed E-state index contributed by atoms with van der Waals surface area (Å²) in [6.45, 7) is 3.53. The molecule has 0 spiro atoms. The second-order valence-electron chi connectivity index (χ2n) is 6.46. The predicted octanol–water partition coefficient (Wildman–Crippen LogP) is 4.69. The Labute approximate surface area is 171 Å². The van der Waals surface area contributed by atoms with Crippen molar-refractivity contribution in [2.24, 2.45) is 5.10 Å². The number of aryl methyl sites for hydroxylation is 2. The molecule has 6 nitrogen and oxygen atoms in total. The van der Waals surface area contributed by atoms with E-state index in [2.05, 4.69) is 10.1 Å². The molecule has 0 aliphatic carbocycles. The van der Waals surface area contributed by atoms with Crippen molar-refractivity contribution in [2.75, 3.05) is 7.11 Å². The van der Waals surface area contributed by atoms with Crippen molar-refractivity contribution in [2.45, 2.75) is 19.2 Å². The second-order valence-corrected chi connectivity index (χ2v) is 7.53. The average molecular weight is 411 g/mol. The Morgan fingerprint density at radius 2 is 2.00 bits per heavy atom. The first kappa shape index (κ1) is 19.2. The lowest BCUT2D eigenvalue weighted by molar-refractivity contribution is 0.0746. The summed E-state index contributed by atoms with van der Waals surface area (Å²) in [4.78, 5) is 17.6. The molecular formula is C21H18FN3O3S. The average Bonchev–Trinajstić information content (AvgIpc) is 3.31. The van der Waals surface area contributed by atoms with Gasteiger partial charge in [-0.25, -0.2) is 14.4 Å². The standard InChI is InChI=1S/C21H18FN3O3S/c1-12-11-17(13(2)28-12)20(26)25-21(16-5-4-10-23-18(16)27-3)29-19(24-25)14-6-8-15(22)9-7-14/h4-11,21H,1-3H3. The highest BCUT2D eigenvalue weighted by Crippen LogP contribution is 2.44. The Bertz CT molecular complexity index is 1090. The lowest BCUT2D eigenvalue weighted by atomic mass is 10.2. The van der Waals surface area contributed by atoms with Gasteiger partial charge in [0.15, 0.2) is 0 Å². The van der Waals surface area contributed by atoms with Gasteiger partial charge in [-0.3, -0.25) is 4.79 Å². The second kappa shape index (κ2) is 7.71. The van der Waals surface area contributed by atoms with E-state index in [0.717, 1.165) is 5.56 Å². The van der Waals surface area contributed by atoms with Gasteiger partial charge in [-0.15, -0.1) is 0 Å². The SMILES string of the molecule is COc1ncccc1C1SC(c2ccc(F)cc2)=NN1C(=O)c1cc(C)oc1C. The van der Waals surface area contributed by atoms with Crippen molar-refractivity contribution in [1.29, 1.82) is 0 Å². The molecule has 0 fully saturated rings. The maximum absolute atomic E-state index is 13.3. The number of benzene rings is 1. The van der Waals surface area contributed by atoms with E-state index in [-0.39, 0.29) is 11.7 Å². The molecule has 0 N–H and O–H groups in total. The van der Waals surface area contributed by atoms with Gasteiger partial charge in [0.25, 0.3) is 5.91 Å². The van der Waals surface area contributed by atoms with E-state index in [9.17, 15) is 9.18 Å². The molecule has 0 radical (unpaired) electrons.